The van der Waals surface area contributed by atoms with Crippen molar-refractivity contribution in [1.29, 1.82) is 0 Å². The fourth-order valence-electron chi connectivity index (χ4n) is 3.34. The van der Waals surface area contributed by atoms with Crippen LogP contribution < -0.4 is 9.64 Å². The predicted octanol–water partition coefficient (Wildman–Crippen LogP) is 1.21. The molecule has 27 heavy (non-hydrogen) atoms. The van der Waals surface area contributed by atoms with E-state index in [2.05, 4.69) is 25.2 Å². The van der Waals surface area contributed by atoms with Crippen molar-refractivity contribution in [2.24, 2.45) is 0 Å². The van der Waals surface area contributed by atoms with Gasteiger partial charge in [0.15, 0.2) is 17.0 Å². The van der Waals surface area contributed by atoms with Crippen LogP contribution in [0.4, 0.5) is 5.82 Å². The minimum Gasteiger partial charge on any atom is -0.496 e. The lowest BCUT2D eigenvalue weighted by atomic mass is 10.1. The lowest BCUT2D eigenvalue weighted by Crippen LogP contribution is -2.49. The number of carbonyl (C=O) groups excluding carboxylic acids is 1. The van der Waals surface area contributed by atoms with Crippen molar-refractivity contribution < 1.29 is 9.53 Å². The molecule has 0 atom stereocenters. The Labute approximate surface area is 156 Å². The van der Waals surface area contributed by atoms with Crippen molar-refractivity contribution in [3.8, 4) is 5.75 Å². The molecule has 0 bridgehead atoms. The van der Waals surface area contributed by atoms with Crippen molar-refractivity contribution in [2.75, 3.05) is 38.2 Å². The first-order valence-electron chi connectivity index (χ1n) is 8.94. The quantitative estimate of drug-likeness (QED) is 0.685. The largest absolute Gasteiger partial charge is 0.496 e. The van der Waals surface area contributed by atoms with Crippen LogP contribution in [0.1, 0.15) is 17.3 Å². The number of amides is 1. The Morgan fingerprint density at radius 1 is 1.15 bits per heavy atom. The Morgan fingerprint density at radius 2 is 1.93 bits per heavy atom. The van der Waals surface area contributed by atoms with E-state index in [0.717, 1.165) is 11.5 Å². The highest BCUT2D eigenvalue weighted by molar-refractivity contribution is 5.97. The summed E-state index contributed by atoms with van der Waals surface area (Å²) in [5.74, 6) is 1.35. The van der Waals surface area contributed by atoms with Gasteiger partial charge in [-0.05, 0) is 19.1 Å². The van der Waals surface area contributed by atoms with E-state index >= 15 is 0 Å². The number of methoxy groups -OCH3 is 1. The standard InChI is InChI=1S/C18H21N7O2/c1-3-25-17-15(21-22-25)16(19-12-20-17)23-8-10-24(11-9-23)18(26)13-6-4-5-7-14(13)27-2/h4-7,12H,3,8-11H2,1-2H3. The van der Waals surface area contributed by atoms with Crippen LogP contribution in [0.2, 0.25) is 0 Å². The molecule has 1 fully saturated rings. The van der Waals surface area contributed by atoms with Gasteiger partial charge in [0.05, 0.1) is 12.7 Å². The predicted molar refractivity (Wildman–Crippen MR) is 99.9 cm³/mol. The normalized spacial score (nSPS) is 14.6. The third-order valence-corrected chi connectivity index (χ3v) is 4.78. The number of aryl methyl sites for hydroxylation is 1. The molecule has 4 rings (SSSR count). The molecule has 0 saturated carbocycles. The Balaban J connectivity index is 1.51. The van der Waals surface area contributed by atoms with Crippen LogP contribution in [-0.4, -0.2) is 69.1 Å². The van der Waals surface area contributed by atoms with E-state index in [9.17, 15) is 4.79 Å². The van der Waals surface area contributed by atoms with Gasteiger partial charge in [-0.15, -0.1) is 5.10 Å². The van der Waals surface area contributed by atoms with E-state index in [0.29, 0.717) is 49.6 Å². The smallest absolute Gasteiger partial charge is 0.257 e. The molecule has 1 aromatic carbocycles. The molecule has 2 aromatic heterocycles. The summed E-state index contributed by atoms with van der Waals surface area (Å²) in [6.45, 7) is 5.25. The van der Waals surface area contributed by atoms with Crippen molar-refractivity contribution >= 4 is 22.9 Å². The lowest BCUT2D eigenvalue weighted by Gasteiger charge is -2.35. The summed E-state index contributed by atoms with van der Waals surface area (Å²) >= 11 is 0. The molecule has 0 unspecified atom stereocenters. The van der Waals surface area contributed by atoms with Crippen LogP contribution in [0.5, 0.6) is 5.75 Å². The maximum atomic E-state index is 12.9. The number of piperazine rings is 1. The Morgan fingerprint density at radius 3 is 2.67 bits per heavy atom. The maximum absolute atomic E-state index is 12.9. The van der Waals surface area contributed by atoms with Crippen LogP contribution in [0.15, 0.2) is 30.6 Å². The lowest BCUT2D eigenvalue weighted by molar-refractivity contribution is 0.0743. The molecule has 140 valence electrons. The zero-order chi connectivity index (χ0) is 18.8. The average Bonchev–Trinajstić information content (AvgIpc) is 3.16. The van der Waals surface area contributed by atoms with Gasteiger partial charge in [-0.25, -0.2) is 14.6 Å². The maximum Gasteiger partial charge on any atom is 0.257 e. The number of anilines is 1. The van der Waals surface area contributed by atoms with Crippen molar-refractivity contribution in [1.82, 2.24) is 29.9 Å². The molecule has 3 heterocycles. The van der Waals surface area contributed by atoms with Crippen molar-refractivity contribution in [2.45, 2.75) is 13.5 Å². The number of carbonyl (C=O) groups is 1. The summed E-state index contributed by atoms with van der Waals surface area (Å²) in [5, 5.41) is 8.37. The SMILES string of the molecule is CCn1nnc2c(N3CCN(C(=O)c4ccccc4OC)CC3)ncnc21. The minimum atomic E-state index is -0.0168. The van der Waals surface area contributed by atoms with E-state index in [1.54, 1.807) is 30.3 Å². The molecule has 9 nitrogen and oxygen atoms in total. The van der Waals surface area contributed by atoms with E-state index in [-0.39, 0.29) is 5.91 Å². The number of para-hydroxylation sites is 1. The molecule has 1 saturated heterocycles. The molecule has 1 aliphatic heterocycles. The van der Waals surface area contributed by atoms with Gasteiger partial charge in [-0.2, -0.15) is 0 Å². The van der Waals surface area contributed by atoms with E-state index in [1.807, 2.05) is 24.0 Å². The Bertz CT molecular complexity index is 963. The topological polar surface area (TPSA) is 89.3 Å². The highest BCUT2D eigenvalue weighted by Gasteiger charge is 2.26. The number of ether oxygens (including phenoxy) is 1. The van der Waals surface area contributed by atoms with E-state index in [1.165, 1.54) is 0 Å². The minimum absolute atomic E-state index is 0.0168. The summed E-state index contributed by atoms with van der Waals surface area (Å²) in [7, 11) is 1.58. The molecule has 0 N–H and O–H groups in total. The number of benzene rings is 1. The van der Waals surface area contributed by atoms with Gasteiger partial charge in [0.2, 0.25) is 0 Å². The second-order valence-corrected chi connectivity index (χ2v) is 6.25. The van der Waals surface area contributed by atoms with Crippen molar-refractivity contribution in [3.05, 3.63) is 36.2 Å². The highest BCUT2D eigenvalue weighted by atomic mass is 16.5. The molecule has 0 spiro atoms. The molecule has 0 aliphatic carbocycles. The van der Waals surface area contributed by atoms with Gasteiger partial charge in [0.1, 0.15) is 12.1 Å². The fraction of sp³-hybridized carbons (Fsp3) is 0.389. The van der Waals surface area contributed by atoms with Crippen LogP contribution in [0.3, 0.4) is 0 Å². The third-order valence-electron chi connectivity index (χ3n) is 4.78. The first-order valence-corrected chi connectivity index (χ1v) is 8.94. The molecule has 1 amide bonds. The first-order chi connectivity index (χ1) is 13.2. The monoisotopic (exact) mass is 367 g/mol. The summed E-state index contributed by atoms with van der Waals surface area (Å²) in [5.41, 5.74) is 2.02. The molecule has 3 aromatic rings. The van der Waals surface area contributed by atoms with Gasteiger partial charge in [-0.3, -0.25) is 4.79 Å². The fourth-order valence-corrected chi connectivity index (χ4v) is 3.34. The van der Waals surface area contributed by atoms with Crippen LogP contribution >= 0.6 is 0 Å². The summed E-state index contributed by atoms with van der Waals surface area (Å²) in [6.07, 6.45) is 1.54. The molecule has 9 heteroatoms. The molecule has 1 aliphatic rings. The Hall–Kier alpha value is -3.23. The van der Waals surface area contributed by atoms with Gasteiger partial charge in [-0.1, -0.05) is 17.3 Å². The van der Waals surface area contributed by atoms with E-state index < -0.39 is 0 Å². The molecule has 0 radical (unpaired) electrons. The highest BCUT2D eigenvalue weighted by Crippen LogP contribution is 2.24. The zero-order valence-electron chi connectivity index (χ0n) is 15.4. The average molecular weight is 367 g/mol. The van der Waals surface area contributed by atoms with Gasteiger partial charge >= 0.3 is 0 Å². The van der Waals surface area contributed by atoms with Gasteiger partial charge < -0.3 is 14.5 Å². The summed E-state index contributed by atoms with van der Waals surface area (Å²) in [4.78, 5) is 25.5. The Kier molecular flexibility index (Phi) is 4.57. The zero-order valence-corrected chi connectivity index (χ0v) is 15.4. The van der Waals surface area contributed by atoms with Crippen LogP contribution in [-0.2, 0) is 6.54 Å². The van der Waals surface area contributed by atoms with Crippen molar-refractivity contribution in [3.63, 3.8) is 0 Å². The number of hydrogen-bond acceptors (Lipinski definition) is 7. The summed E-state index contributed by atoms with van der Waals surface area (Å²) < 4.78 is 7.07. The second-order valence-electron chi connectivity index (χ2n) is 6.25. The number of rotatable bonds is 4. The number of fused-ring (bicyclic) bond motifs is 1. The number of nitrogens with zero attached hydrogens (tertiary/aromatic N) is 7. The third kappa shape index (κ3) is 3.05. The number of hydrogen-bond donors (Lipinski definition) is 0. The number of aromatic nitrogens is 5. The summed E-state index contributed by atoms with van der Waals surface area (Å²) in [6, 6.07) is 7.31. The second kappa shape index (κ2) is 7.18. The molecular formula is C18H21N7O2. The first kappa shape index (κ1) is 17.2. The molecular weight excluding hydrogens is 346 g/mol. The van der Waals surface area contributed by atoms with Gasteiger partial charge in [0, 0.05) is 32.7 Å². The van der Waals surface area contributed by atoms with Crippen LogP contribution in [0, 0.1) is 0 Å². The van der Waals surface area contributed by atoms with E-state index in [4.69, 9.17) is 4.74 Å². The van der Waals surface area contributed by atoms with Crippen LogP contribution in [0.25, 0.3) is 11.2 Å². The van der Waals surface area contributed by atoms with Gasteiger partial charge in [0.25, 0.3) is 5.91 Å².